The lowest BCUT2D eigenvalue weighted by Crippen LogP contribution is -2.46. The van der Waals surface area contributed by atoms with Gasteiger partial charge in [-0.25, -0.2) is 0 Å². The van der Waals surface area contributed by atoms with Crippen LogP contribution in [0.25, 0.3) is 0 Å². The van der Waals surface area contributed by atoms with E-state index >= 15 is 0 Å². The van der Waals surface area contributed by atoms with Gasteiger partial charge in [-0.3, -0.25) is 9.59 Å². The molecule has 0 atom stereocenters. The molecule has 0 radical (unpaired) electrons. The minimum atomic E-state index is -1.02. The third kappa shape index (κ3) is 3.87. The van der Waals surface area contributed by atoms with Gasteiger partial charge in [0.25, 0.3) is 0 Å². The molecule has 0 saturated heterocycles. The molecule has 0 spiro atoms. The summed E-state index contributed by atoms with van der Waals surface area (Å²) >= 11 is 0. The van der Waals surface area contributed by atoms with Crippen LogP contribution >= 0.6 is 0 Å². The van der Waals surface area contributed by atoms with E-state index in [1.807, 2.05) is 0 Å². The first kappa shape index (κ1) is 13.1. The van der Waals surface area contributed by atoms with Crippen LogP contribution in [0.4, 0.5) is 0 Å². The lowest BCUT2D eigenvalue weighted by atomic mass is 9.88. The molecule has 0 rings (SSSR count). The Labute approximate surface area is 84.7 Å². The summed E-state index contributed by atoms with van der Waals surface area (Å²) in [5.74, 6) is -0.544. The molecule has 14 heavy (non-hydrogen) atoms. The molecule has 1 amide bonds. The van der Waals surface area contributed by atoms with Crippen molar-refractivity contribution in [3.63, 3.8) is 0 Å². The highest BCUT2D eigenvalue weighted by atomic mass is 16.3. The zero-order valence-corrected chi connectivity index (χ0v) is 9.47. The molecule has 2 N–H and O–H groups in total. The van der Waals surface area contributed by atoms with Gasteiger partial charge < -0.3 is 10.4 Å². The van der Waals surface area contributed by atoms with Gasteiger partial charge in [0.2, 0.25) is 5.91 Å². The van der Waals surface area contributed by atoms with Crippen molar-refractivity contribution < 1.29 is 14.7 Å². The smallest absolute Gasteiger partial charge is 0.233 e. The number of nitrogens with one attached hydrogen (secondary N) is 1. The molecular weight excluding hydrogens is 182 g/mol. The second-order valence-corrected chi connectivity index (χ2v) is 4.68. The van der Waals surface area contributed by atoms with Crippen LogP contribution < -0.4 is 5.32 Å². The first-order valence-corrected chi connectivity index (χ1v) is 4.59. The predicted molar refractivity (Wildman–Crippen MR) is 53.8 cm³/mol. The highest BCUT2D eigenvalue weighted by molar-refractivity contribution is 6.04. The number of hydrogen-bond acceptors (Lipinski definition) is 3. The third-order valence-corrected chi connectivity index (χ3v) is 2.13. The van der Waals surface area contributed by atoms with E-state index in [-0.39, 0.29) is 18.2 Å². The summed E-state index contributed by atoms with van der Waals surface area (Å²) in [6.45, 7) is 7.83. The van der Waals surface area contributed by atoms with Gasteiger partial charge in [0.05, 0.1) is 5.60 Å². The number of aliphatic hydroxyl groups is 1. The molecule has 0 saturated carbocycles. The van der Waals surface area contributed by atoms with Crippen LogP contribution in [-0.2, 0) is 9.59 Å². The highest BCUT2D eigenvalue weighted by Gasteiger charge is 2.33. The molecule has 4 nitrogen and oxygen atoms in total. The van der Waals surface area contributed by atoms with Gasteiger partial charge in [0.1, 0.15) is 11.2 Å². The Bertz CT molecular complexity index is 238. The number of carbonyl (C=O) groups excluding carboxylic acids is 2. The SMILES string of the molecule is CC(=O)C(C)(C)C(=O)NCC(C)(C)O. The molecule has 0 aliphatic heterocycles. The average molecular weight is 201 g/mol. The Balaban J connectivity index is 4.30. The van der Waals surface area contributed by atoms with Gasteiger partial charge in [0, 0.05) is 6.54 Å². The number of hydrogen-bond donors (Lipinski definition) is 2. The maximum atomic E-state index is 11.5. The average Bonchev–Trinajstić information content (AvgIpc) is 1.98. The lowest BCUT2D eigenvalue weighted by Gasteiger charge is -2.23. The Hall–Kier alpha value is -0.900. The van der Waals surface area contributed by atoms with E-state index in [0.717, 1.165) is 0 Å². The summed E-state index contributed by atoms with van der Waals surface area (Å²) < 4.78 is 0. The van der Waals surface area contributed by atoms with Crippen LogP contribution in [0.2, 0.25) is 0 Å². The number of carbonyl (C=O) groups is 2. The molecule has 0 aromatic carbocycles. The molecular formula is C10H19NO3. The van der Waals surface area contributed by atoms with Crippen LogP contribution in [0, 0.1) is 5.41 Å². The number of rotatable bonds is 4. The second kappa shape index (κ2) is 4.09. The summed E-state index contributed by atoms with van der Waals surface area (Å²) in [7, 11) is 0. The predicted octanol–water partition coefficient (Wildman–Crippen LogP) is 0.489. The highest BCUT2D eigenvalue weighted by Crippen LogP contribution is 2.16. The quantitative estimate of drug-likeness (QED) is 0.650. The molecule has 0 bridgehead atoms. The lowest BCUT2D eigenvalue weighted by molar-refractivity contribution is -0.139. The number of Topliss-reactive ketones (excluding diaryl/α,β-unsaturated/α-hetero) is 1. The standard InChI is InChI=1S/C10H19NO3/c1-7(12)10(4,5)8(13)11-6-9(2,3)14/h14H,6H2,1-5H3,(H,11,13). The second-order valence-electron chi connectivity index (χ2n) is 4.68. The topological polar surface area (TPSA) is 66.4 Å². The number of amides is 1. The zero-order chi connectivity index (χ0) is 11.6. The minimum absolute atomic E-state index is 0.141. The van der Waals surface area contributed by atoms with E-state index in [2.05, 4.69) is 5.32 Å². The molecule has 0 aromatic heterocycles. The van der Waals surface area contributed by atoms with Crippen LogP contribution in [0.1, 0.15) is 34.6 Å². The van der Waals surface area contributed by atoms with Crippen molar-refractivity contribution in [1.82, 2.24) is 5.32 Å². The number of ketones is 1. The molecule has 0 heterocycles. The monoisotopic (exact) mass is 201 g/mol. The van der Waals surface area contributed by atoms with E-state index in [1.165, 1.54) is 6.92 Å². The largest absolute Gasteiger partial charge is 0.389 e. The fourth-order valence-electron chi connectivity index (χ4n) is 0.677. The van der Waals surface area contributed by atoms with Gasteiger partial charge in [0.15, 0.2) is 0 Å². The first-order valence-electron chi connectivity index (χ1n) is 4.59. The third-order valence-electron chi connectivity index (χ3n) is 2.13. The van der Waals surface area contributed by atoms with E-state index in [1.54, 1.807) is 27.7 Å². The maximum Gasteiger partial charge on any atom is 0.233 e. The van der Waals surface area contributed by atoms with Gasteiger partial charge in [-0.2, -0.15) is 0 Å². The molecule has 0 aliphatic carbocycles. The molecule has 0 aromatic rings. The van der Waals surface area contributed by atoms with Crippen molar-refractivity contribution in [3.8, 4) is 0 Å². The fourth-order valence-corrected chi connectivity index (χ4v) is 0.677. The Morgan fingerprint density at radius 2 is 1.64 bits per heavy atom. The van der Waals surface area contributed by atoms with Gasteiger partial charge >= 0.3 is 0 Å². The summed E-state index contributed by atoms with van der Waals surface area (Å²) in [6.07, 6.45) is 0. The molecule has 0 unspecified atom stereocenters. The zero-order valence-electron chi connectivity index (χ0n) is 9.47. The minimum Gasteiger partial charge on any atom is -0.389 e. The van der Waals surface area contributed by atoms with E-state index < -0.39 is 11.0 Å². The van der Waals surface area contributed by atoms with Gasteiger partial charge in [-0.05, 0) is 34.6 Å². The van der Waals surface area contributed by atoms with Gasteiger partial charge in [-0.15, -0.1) is 0 Å². The normalized spacial score (nSPS) is 12.4. The van der Waals surface area contributed by atoms with E-state index in [9.17, 15) is 14.7 Å². The summed E-state index contributed by atoms with van der Waals surface area (Å²) in [5.41, 5.74) is -1.98. The van der Waals surface area contributed by atoms with Gasteiger partial charge in [-0.1, -0.05) is 0 Å². The molecule has 0 aliphatic rings. The molecule has 0 fully saturated rings. The maximum absolute atomic E-state index is 11.5. The van der Waals surface area contributed by atoms with Crippen molar-refractivity contribution >= 4 is 11.7 Å². The Morgan fingerprint density at radius 1 is 1.21 bits per heavy atom. The van der Waals surface area contributed by atoms with Crippen molar-refractivity contribution in [1.29, 1.82) is 0 Å². The van der Waals surface area contributed by atoms with Crippen molar-refractivity contribution in [2.45, 2.75) is 40.2 Å². The van der Waals surface area contributed by atoms with Crippen molar-refractivity contribution in [2.75, 3.05) is 6.54 Å². The summed E-state index contributed by atoms with van der Waals surface area (Å²) in [4.78, 5) is 22.6. The van der Waals surface area contributed by atoms with Crippen molar-refractivity contribution in [2.24, 2.45) is 5.41 Å². The first-order chi connectivity index (χ1) is 6.07. The van der Waals surface area contributed by atoms with Crippen LogP contribution in [0.5, 0.6) is 0 Å². The Kier molecular flexibility index (Phi) is 3.82. The molecule has 82 valence electrons. The summed E-state index contributed by atoms with van der Waals surface area (Å²) in [6, 6.07) is 0. The van der Waals surface area contributed by atoms with E-state index in [4.69, 9.17) is 0 Å². The summed E-state index contributed by atoms with van der Waals surface area (Å²) in [5, 5.41) is 11.9. The Morgan fingerprint density at radius 3 is 1.93 bits per heavy atom. The fraction of sp³-hybridized carbons (Fsp3) is 0.800. The van der Waals surface area contributed by atoms with Crippen molar-refractivity contribution in [3.05, 3.63) is 0 Å². The van der Waals surface area contributed by atoms with Crippen LogP contribution in [-0.4, -0.2) is 28.9 Å². The van der Waals surface area contributed by atoms with Crippen LogP contribution in [0.15, 0.2) is 0 Å². The molecule has 4 heteroatoms. The van der Waals surface area contributed by atoms with E-state index in [0.29, 0.717) is 0 Å². The van der Waals surface area contributed by atoms with Crippen LogP contribution in [0.3, 0.4) is 0 Å².